The highest BCUT2D eigenvalue weighted by Gasteiger charge is 2.34. The van der Waals surface area contributed by atoms with Gasteiger partial charge in [-0.2, -0.15) is 0 Å². The van der Waals surface area contributed by atoms with Gasteiger partial charge in [-0.25, -0.2) is 0 Å². The Bertz CT molecular complexity index is 1080. The SMILES string of the molecule is CC[C@H](C)Oc1c(Cl)cc(/C=C2\C(=O)NC(=S)N(c3ccc(OC)cc3)C2=O)cc1OC. The van der Waals surface area contributed by atoms with Crippen molar-refractivity contribution in [3.05, 3.63) is 52.6 Å². The second kappa shape index (κ2) is 10.0. The molecule has 1 saturated heterocycles. The second-order valence-corrected chi connectivity index (χ2v) is 7.82. The third kappa shape index (κ3) is 4.87. The molecule has 0 unspecified atom stereocenters. The van der Waals surface area contributed by atoms with Crippen LogP contribution in [0.3, 0.4) is 0 Å². The topological polar surface area (TPSA) is 77.1 Å². The van der Waals surface area contributed by atoms with Crippen LogP contribution in [0.1, 0.15) is 25.8 Å². The van der Waals surface area contributed by atoms with Gasteiger partial charge in [-0.3, -0.25) is 19.8 Å². The van der Waals surface area contributed by atoms with E-state index >= 15 is 0 Å². The van der Waals surface area contributed by atoms with Crippen molar-refractivity contribution in [2.24, 2.45) is 0 Å². The number of nitrogens with zero attached hydrogens (tertiary/aromatic N) is 1. The first-order chi connectivity index (χ1) is 15.3. The first-order valence-corrected chi connectivity index (χ1v) is 10.7. The van der Waals surface area contributed by atoms with Gasteiger partial charge in [0, 0.05) is 0 Å². The summed E-state index contributed by atoms with van der Waals surface area (Å²) in [5.41, 5.74) is 0.909. The Morgan fingerprint density at radius 1 is 1.16 bits per heavy atom. The molecule has 2 aromatic carbocycles. The van der Waals surface area contributed by atoms with E-state index in [9.17, 15) is 9.59 Å². The summed E-state index contributed by atoms with van der Waals surface area (Å²) in [6.45, 7) is 3.92. The molecule has 1 aliphatic rings. The number of hydrogen-bond acceptors (Lipinski definition) is 6. The van der Waals surface area contributed by atoms with Crippen molar-refractivity contribution in [2.75, 3.05) is 19.1 Å². The molecule has 0 aromatic heterocycles. The zero-order valence-electron chi connectivity index (χ0n) is 18.1. The average molecular weight is 475 g/mol. The maximum Gasteiger partial charge on any atom is 0.270 e. The Morgan fingerprint density at radius 3 is 2.44 bits per heavy atom. The molecule has 7 nitrogen and oxygen atoms in total. The monoisotopic (exact) mass is 474 g/mol. The smallest absolute Gasteiger partial charge is 0.270 e. The highest BCUT2D eigenvalue weighted by molar-refractivity contribution is 7.80. The van der Waals surface area contributed by atoms with Gasteiger partial charge in [-0.15, -0.1) is 0 Å². The number of hydrogen-bond donors (Lipinski definition) is 1. The van der Waals surface area contributed by atoms with Gasteiger partial charge in [-0.05, 0) is 73.6 Å². The molecular formula is C23H23ClN2O5S. The first-order valence-electron chi connectivity index (χ1n) is 9.88. The third-order valence-electron chi connectivity index (χ3n) is 4.89. The van der Waals surface area contributed by atoms with Crippen molar-refractivity contribution in [1.82, 2.24) is 5.32 Å². The number of nitrogens with one attached hydrogen (secondary N) is 1. The summed E-state index contributed by atoms with van der Waals surface area (Å²) in [5, 5.41) is 2.86. The fraction of sp³-hybridized carbons (Fsp3) is 0.261. The maximum absolute atomic E-state index is 13.2. The number of methoxy groups -OCH3 is 2. The van der Waals surface area contributed by atoms with Crippen molar-refractivity contribution in [3.8, 4) is 17.2 Å². The predicted molar refractivity (Wildman–Crippen MR) is 128 cm³/mol. The van der Waals surface area contributed by atoms with E-state index in [1.54, 1.807) is 43.5 Å². The summed E-state index contributed by atoms with van der Waals surface area (Å²) >= 11 is 11.6. The number of thiocarbonyl (C=S) groups is 1. The van der Waals surface area contributed by atoms with E-state index in [0.717, 1.165) is 6.42 Å². The third-order valence-corrected chi connectivity index (χ3v) is 5.45. The van der Waals surface area contributed by atoms with Crippen molar-refractivity contribution in [3.63, 3.8) is 0 Å². The summed E-state index contributed by atoms with van der Waals surface area (Å²) in [7, 11) is 3.04. The lowest BCUT2D eigenvalue weighted by Gasteiger charge is -2.29. The van der Waals surface area contributed by atoms with Crippen LogP contribution in [0.15, 0.2) is 42.0 Å². The van der Waals surface area contributed by atoms with E-state index < -0.39 is 11.8 Å². The van der Waals surface area contributed by atoms with E-state index in [-0.39, 0.29) is 16.8 Å². The van der Waals surface area contributed by atoms with Gasteiger partial charge < -0.3 is 14.2 Å². The second-order valence-electron chi connectivity index (χ2n) is 7.03. The number of carbonyl (C=O) groups excluding carboxylic acids is 2. The summed E-state index contributed by atoms with van der Waals surface area (Å²) in [5.74, 6) is 0.283. The molecule has 3 rings (SSSR count). The number of benzene rings is 2. The molecule has 0 radical (unpaired) electrons. The summed E-state index contributed by atoms with van der Waals surface area (Å²) in [6, 6.07) is 10.0. The minimum absolute atomic E-state index is 0.00442. The molecule has 168 valence electrons. The van der Waals surface area contributed by atoms with Crippen LogP contribution in [0.2, 0.25) is 5.02 Å². The zero-order valence-corrected chi connectivity index (χ0v) is 19.7. The molecule has 1 fully saturated rings. The lowest BCUT2D eigenvalue weighted by molar-refractivity contribution is -0.122. The summed E-state index contributed by atoms with van der Waals surface area (Å²) in [4.78, 5) is 27.0. The number of amides is 2. The molecule has 1 N–H and O–H groups in total. The molecule has 1 atom stereocenters. The van der Waals surface area contributed by atoms with Crippen LogP contribution in [0.5, 0.6) is 17.2 Å². The molecule has 9 heteroatoms. The number of halogens is 1. The fourth-order valence-electron chi connectivity index (χ4n) is 3.01. The standard InChI is InChI=1S/C23H23ClN2O5S/c1-5-13(2)31-20-18(24)11-14(12-19(20)30-4)10-17-21(27)25-23(32)26(22(17)28)15-6-8-16(29-3)9-7-15/h6-13H,5H2,1-4H3,(H,25,27,32)/b17-10+/t13-/m0/s1. The average Bonchev–Trinajstić information content (AvgIpc) is 2.78. The lowest BCUT2D eigenvalue weighted by atomic mass is 10.1. The van der Waals surface area contributed by atoms with Crippen LogP contribution in [0.25, 0.3) is 6.08 Å². The molecule has 0 spiro atoms. The number of rotatable bonds is 7. The number of carbonyl (C=O) groups is 2. The largest absolute Gasteiger partial charge is 0.497 e. The molecule has 32 heavy (non-hydrogen) atoms. The van der Waals surface area contributed by atoms with Crippen molar-refractivity contribution in [1.29, 1.82) is 0 Å². The van der Waals surface area contributed by atoms with Gasteiger partial charge in [0.25, 0.3) is 11.8 Å². The quantitative estimate of drug-likeness (QED) is 0.365. The molecule has 1 aliphatic heterocycles. The molecule has 0 bridgehead atoms. The summed E-state index contributed by atoms with van der Waals surface area (Å²) < 4.78 is 16.4. The Hall–Kier alpha value is -3.10. The Labute approximate surface area is 196 Å². The predicted octanol–water partition coefficient (Wildman–Crippen LogP) is 4.37. The fourth-order valence-corrected chi connectivity index (χ4v) is 3.56. The van der Waals surface area contributed by atoms with Crippen LogP contribution in [0.4, 0.5) is 5.69 Å². The number of anilines is 1. The van der Waals surface area contributed by atoms with Gasteiger partial charge in [-0.1, -0.05) is 18.5 Å². The molecule has 0 saturated carbocycles. The molecular weight excluding hydrogens is 452 g/mol. The van der Waals surface area contributed by atoms with Crippen molar-refractivity contribution in [2.45, 2.75) is 26.4 Å². The molecule has 2 amide bonds. The van der Waals surface area contributed by atoms with E-state index in [4.69, 9.17) is 38.0 Å². The highest BCUT2D eigenvalue weighted by atomic mass is 35.5. The van der Waals surface area contributed by atoms with Gasteiger partial charge in [0.2, 0.25) is 0 Å². The van der Waals surface area contributed by atoms with Crippen molar-refractivity contribution < 1.29 is 23.8 Å². The normalized spacial score (nSPS) is 16.1. The van der Waals surface area contributed by atoms with E-state index in [1.807, 2.05) is 13.8 Å². The van der Waals surface area contributed by atoms with Crippen LogP contribution in [0, 0.1) is 0 Å². The highest BCUT2D eigenvalue weighted by Crippen LogP contribution is 2.38. The molecule has 2 aromatic rings. The maximum atomic E-state index is 13.2. The Balaban J connectivity index is 1.99. The van der Waals surface area contributed by atoms with Gasteiger partial charge in [0.1, 0.15) is 11.3 Å². The Morgan fingerprint density at radius 2 is 1.84 bits per heavy atom. The van der Waals surface area contributed by atoms with Gasteiger partial charge in [0.05, 0.1) is 31.0 Å². The van der Waals surface area contributed by atoms with Gasteiger partial charge in [0.15, 0.2) is 16.6 Å². The van der Waals surface area contributed by atoms with E-state index in [1.165, 1.54) is 18.1 Å². The Kier molecular flexibility index (Phi) is 7.37. The minimum Gasteiger partial charge on any atom is -0.497 e. The van der Waals surface area contributed by atoms with E-state index in [2.05, 4.69) is 5.32 Å². The summed E-state index contributed by atoms with van der Waals surface area (Å²) in [6.07, 6.45) is 2.17. The van der Waals surface area contributed by atoms with Crippen molar-refractivity contribution >= 4 is 52.5 Å². The first kappa shape index (κ1) is 23.6. The van der Waals surface area contributed by atoms with Crippen LogP contribution in [-0.2, 0) is 9.59 Å². The minimum atomic E-state index is -0.597. The van der Waals surface area contributed by atoms with E-state index in [0.29, 0.717) is 33.5 Å². The van der Waals surface area contributed by atoms with Crippen LogP contribution < -0.4 is 24.4 Å². The van der Waals surface area contributed by atoms with Crippen LogP contribution >= 0.6 is 23.8 Å². The van der Waals surface area contributed by atoms with Crippen LogP contribution in [-0.4, -0.2) is 37.3 Å². The van der Waals surface area contributed by atoms with Gasteiger partial charge >= 0.3 is 0 Å². The lowest BCUT2D eigenvalue weighted by Crippen LogP contribution is -2.54. The zero-order chi connectivity index (χ0) is 23.4. The molecule has 1 heterocycles. The number of ether oxygens (including phenoxy) is 3. The molecule has 0 aliphatic carbocycles.